The topological polar surface area (TPSA) is 15.3 Å². The highest BCUT2D eigenvalue weighted by molar-refractivity contribution is 4.74. The molecule has 0 radical (unpaired) electrons. The fourth-order valence-corrected chi connectivity index (χ4v) is 2.15. The Morgan fingerprint density at radius 3 is 2.71 bits per heavy atom. The zero-order valence-corrected chi connectivity index (χ0v) is 9.89. The average Bonchev–Trinajstić information content (AvgIpc) is 2.18. The molecule has 0 aromatic carbocycles. The monoisotopic (exact) mass is 198 g/mol. The van der Waals surface area contributed by atoms with E-state index >= 15 is 0 Å². The van der Waals surface area contributed by atoms with Gasteiger partial charge in [-0.15, -0.1) is 0 Å². The molecule has 1 N–H and O–H groups in total. The van der Waals surface area contributed by atoms with Crippen molar-refractivity contribution in [2.24, 2.45) is 0 Å². The van der Waals surface area contributed by atoms with Crippen molar-refractivity contribution in [1.29, 1.82) is 0 Å². The van der Waals surface area contributed by atoms with Crippen molar-refractivity contribution in [2.45, 2.75) is 52.0 Å². The normalized spacial score (nSPS) is 24.0. The third-order valence-electron chi connectivity index (χ3n) is 3.03. The third kappa shape index (κ3) is 4.97. The van der Waals surface area contributed by atoms with Gasteiger partial charge >= 0.3 is 0 Å². The van der Waals surface area contributed by atoms with E-state index in [1.54, 1.807) is 0 Å². The first-order valence-corrected chi connectivity index (χ1v) is 6.28. The molecule has 0 amide bonds. The van der Waals surface area contributed by atoms with Crippen LogP contribution in [-0.4, -0.2) is 37.1 Å². The van der Waals surface area contributed by atoms with Crippen molar-refractivity contribution in [2.75, 3.05) is 26.2 Å². The van der Waals surface area contributed by atoms with Crippen LogP contribution >= 0.6 is 0 Å². The van der Waals surface area contributed by atoms with Crippen LogP contribution in [0.3, 0.4) is 0 Å². The van der Waals surface area contributed by atoms with Gasteiger partial charge in [-0.3, -0.25) is 0 Å². The van der Waals surface area contributed by atoms with E-state index in [2.05, 4.69) is 24.1 Å². The summed E-state index contributed by atoms with van der Waals surface area (Å²) in [5.41, 5.74) is 0. The number of nitrogens with one attached hydrogen (secondary N) is 1. The Bertz CT molecular complexity index is 136. The molecule has 0 unspecified atom stereocenters. The molecule has 2 nitrogen and oxygen atoms in total. The largest absolute Gasteiger partial charge is 0.312 e. The molecule has 0 aromatic rings. The van der Waals surface area contributed by atoms with E-state index in [0.29, 0.717) is 6.04 Å². The maximum absolute atomic E-state index is 3.48. The lowest BCUT2D eigenvalue weighted by Gasteiger charge is -2.31. The molecule has 1 rings (SSSR count). The van der Waals surface area contributed by atoms with E-state index in [4.69, 9.17) is 0 Å². The lowest BCUT2D eigenvalue weighted by Crippen LogP contribution is -2.49. The molecule has 0 spiro atoms. The highest BCUT2D eigenvalue weighted by Crippen LogP contribution is 2.05. The van der Waals surface area contributed by atoms with E-state index in [9.17, 15) is 0 Å². The zero-order chi connectivity index (χ0) is 10.2. The van der Waals surface area contributed by atoms with Crippen LogP contribution in [-0.2, 0) is 0 Å². The minimum absolute atomic E-state index is 0.694. The Labute approximate surface area is 89.1 Å². The number of hydrogen-bond donors (Lipinski definition) is 1. The highest BCUT2D eigenvalue weighted by Gasteiger charge is 2.14. The molecular weight excluding hydrogens is 172 g/mol. The molecular formula is C12H26N2. The van der Waals surface area contributed by atoms with E-state index in [1.807, 2.05) is 0 Å². The molecule has 14 heavy (non-hydrogen) atoms. The number of nitrogens with zero attached hydrogens (tertiary/aromatic N) is 1. The van der Waals surface area contributed by atoms with Gasteiger partial charge in [0.2, 0.25) is 0 Å². The van der Waals surface area contributed by atoms with Crippen LogP contribution in [0.4, 0.5) is 0 Å². The molecule has 1 saturated heterocycles. The molecule has 1 fully saturated rings. The predicted octanol–water partition coefficient (Wildman–Crippen LogP) is 2.25. The standard InChI is InChI=1S/C12H26N2/c1-3-4-5-6-7-9-14-10-8-13-12(2)11-14/h12-13H,3-11H2,1-2H3/t12-/m0/s1. The highest BCUT2D eigenvalue weighted by atomic mass is 15.2. The van der Waals surface area contributed by atoms with Crippen LogP contribution in [0.5, 0.6) is 0 Å². The van der Waals surface area contributed by atoms with Crippen molar-refractivity contribution in [1.82, 2.24) is 10.2 Å². The SMILES string of the molecule is CCCCCCCN1CCN[C@@H](C)C1. The molecule has 1 heterocycles. The lowest BCUT2D eigenvalue weighted by atomic mass is 10.1. The Balaban J connectivity index is 1.95. The molecule has 0 aliphatic carbocycles. The Morgan fingerprint density at radius 2 is 2.00 bits per heavy atom. The van der Waals surface area contributed by atoms with Gasteiger partial charge in [-0.1, -0.05) is 32.6 Å². The van der Waals surface area contributed by atoms with Crippen molar-refractivity contribution < 1.29 is 0 Å². The number of hydrogen-bond acceptors (Lipinski definition) is 2. The van der Waals surface area contributed by atoms with Crippen LogP contribution in [0.25, 0.3) is 0 Å². The van der Waals surface area contributed by atoms with Crippen molar-refractivity contribution in [3.8, 4) is 0 Å². The summed E-state index contributed by atoms with van der Waals surface area (Å²) in [4.78, 5) is 2.60. The molecule has 0 saturated carbocycles. The fourth-order valence-electron chi connectivity index (χ4n) is 2.15. The van der Waals surface area contributed by atoms with E-state index in [-0.39, 0.29) is 0 Å². The van der Waals surface area contributed by atoms with Crippen molar-refractivity contribution in [3.63, 3.8) is 0 Å². The second-order valence-corrected chi connectivity index (χ2v) is 4.57. The summed E-state index contributed by atoms with van der Waals surface area (Å²) in [6.07, 6.45) is 7.01. The average molecular weight is 198 g/mol. The van der Waals surface area contributed by atoms with Gasteiger partial charge < -0.3 is 10.2 Å². The summed E-state index contributed by atoms with van der Waals surface area (Å²) < 4.78 is 0. The summed E-state index contributed by atoms with van der Waals surface area (Å²) in [6.45, 7) is 9.54. The minimum Gasteiger partial charge on any atom is -0.312 e. The number of piperazine rings is 1. The van der Waals surface area contributed by atoms with Crippen LogP contribution < -0.4 is 5.32 Å². The second kappa shape index (κ2) is 7.24. The quantitative estimate of drug-likeness (QED) is 0.659. The maximum atomic E-state index is 3.48. The van der Waals surface area contributed by atoms with E-state index in [1.165, 1.54) is 58.3 Å². The number of unbranched alkanes of at least 4 members (excludes halogenated alkanes) is 4. The van der Waals surface area contributed by atoms with Crippen molar-refractivity contribution in [3.05, 3.63) is 0 Å². The van der Waals surface area contributed by atoms with Gasteiger partial charge in [-0.05, 0) is 19.9 Å². The van der Waals surface area contributed by atoms with Crippen LogP contribution in [0.2, 0.25) is 0 Å². The van der Waals surface area contributed by atoms with E-state index in [0.717, 1.165) is 0 Å². The minimum atomic E-state index is 0.694. The molecule has 1 atom stereocenters. The number of rotatable bonds is 6. The Kier molecular flexibility index (Phi) is 6.20. The smallest absolute Gasteiger partial charge is 0.0167 e. The summed E-state index contributed by atoms with van der Waals surface area (Å²) in [7, 11) is 0. The van der Waals surface area contributed by atoms with Gasteiger partial charge in [0.05, 0.1) is 0 Å². The van der Waals surface area contributed by atoms with Gasteiger partial charge in [-0.25, -0.2) is 0 Å². The third-order valence-corrected chi connectivity index (χ3v) is 3.03. The molecule has 84 valence electrons. The molecule has 1 aliphatic heterocycles. The van der Waals surface area contributed by atoms with Gasteiger partial charge in [0.15, 0.2) is 0 Å². The lowest BCUT2D eigenvalue weighted by molar-refractivity contribution is 0.203. The van der Waals surface area contributed by atoms with Gasteiger partial charge in [-0.2, -0.15) is 0 Å². The van der Waals surface area contributed by atoms with Crippen LogP contribution in [0.1, 0.15) is 46.0 Å². The zero-order valence-electron chi connectivity index (χ0n) is 9.89. The molecule has 0 aromatic heterocycles. The van der Waals surface area contributed by atoms with Crippen molar-refractivity contribution >= 4 is 0 Å². The first-order valence-electron chi connectivity index (χ1n) is 6.28. The van der Waals surface area contributed by atoms with Gasteiger partial charge in [0.25, 0.3) is 0 Å². The summed E-state index contributed by atoms with van der Waals surface area (Å²) in [5, 5.41) is 3.48. The fraction of sp³-hybridized carbons (Fsp3) is 1.00. The Morgan fingerprint density at radius 1 is 1.21 bits per heavy atom. The predicted molar refractivity (Wildman–Crippen MR) is 62.7 cm³/mol. The maximum Gasteiger partial charge on any atom is 0.0167 e. The van der Waals surface area contributed by atoms with Gasteiger partial charge in [0.1, 0.15) is 0 Å². The summed E-state index contributed by atoms with van der Waals surface area (Å²) >= 11 is 0. The van der Waals surface area contributed by atoms with E-state index < -0.39 is 0 Å². The molecule has 2 heteroatoms. The summed E-state index contributed by atoms with van der Waals surface area (Å²) in [5.74, 6) is 0. The first kappa shape index (κ1) is 12.0. The summed E-state index contributed by atoms with van der Waals surface area (Å²) in [6, 6.07) is 0.694. The first-order chi connectivity index (χ1) is 6.83. The van der Waals surface area contributed by atoms with Gasteiger partial charge in [0, 0.05) is 25.7 Å². The second-order valence-electron chi connectivity index (χ2n) is 4.57. The Hall–Kier alpha value is -0.0800. The van der Waals surface area contributed by atoms with Crippen LogP contribution in [0, 0.1) is 0 Å². The molecule has 0 bridgehead atoms. The van der Waals surface area contributed by atoms with Crippen LogP contribution in [0.15, 0.2) is 0 Å². The molecule has 1 aliphatic rings.